The summed E-state index contributed by atoms with van der Waals surface area (Å²) in [4.78, 5) is -0.156. The fourth-order valence-corrected chi connectivity index (χ4v) is 2.60. The summed E-state index contributed by atoms with van der Waals surface area (Å²) in [5, 5.41) is 15.2. The van der Waals surface area contributed by atoms with Gasteiger partial charge in [-0.2, -0.15) is 10.4 Å². The fourth-order valence-electron chi connectivity index (χ4n) is 1.57. The number of hydrogen-bond donors (Lipinski definition) is 2. The van der Waals surface area contributed by atoms with Crippen molar-refractivity contribution in [1.82, 2.24) is 14.9 Å². The Labute approximate surface area is 115 Å². The quantitative estimate of drug-likeness (QED) is 0.885. The molecular weight excluding hydrogens is 283 g/mol. The van der Waals surface area contributed by atoms with Gasteiger partial charge in [-0.25, -0.2) is 17.5 Å². The molecule has 0 radical (unpaired) electrons. The number of nitrogens with zero attached hydrogens (tertiary/aromatic N) is 2. The summed E-state index contributed by atoms with van der Waals surface area (Å²) >= 11 is 0. The second kappa shape index (κ2) is 5.40. The van der Waals surface area contributed by atoms with E-state index in [1.54, 1.807) is 13.0 Å². The van der Waals surface area contributed by atoms with Crippen molar-refractivity contribution in [3.63, 3.8) is 0 Å². The fraction of sp³-hybridized carbons (Fsp3) is 0.167. The van der Waals surface area contributed by atoms with Crippen molar-refractivity contribution in [2.45, 2.75) is 18.4 Å². The monoisotopic (exact) mass is 294 g/mol. The van der Waals surface area contributed by atoms with Gasteiger partial charge < -0.3 is 0 Å². The zero-order valence-corrected chi connectivity index (χ0v) is 11.3. The number of aromatic amines is 1. The molecule has 0 saturated heterocycles. The largest absolute Gasteiger partial charge is 0.283 e. The van der Waals surface area contributed by atoms with E-state index in [1.165, 1.54) is 6.20 Å². The lowest BCUT2D eigenvalue weighted by Crippen LogP contribution is -2.23. The van der Waals surface area contributed by atoms with Crippen LogP contribution in [0.5, 0.6) is 0 Å². The van der Waals surface area contributed by atoms with Crippen molar-refractivity contribution in [3.05, 3.63) is 47.0 Å². The molecule has 0 fully saturated rings. The van der Waals surface area contributed by atoms with Gasteiger partial charge in [-0.1, -0.05) is 0 Å². The lowest BCUT2D eigenvalue weighted by molar-refractivity contribution is 0.580. The molecule has 1 aromatic heterocycles. The molecule has 0 atom stereocenters. The van der Waals surface area contributed by atoms with Gasteiger partial charge in [0.2, 0.25) is 10.0 Å². The SMILES string of the molecule is Cc1[nH]ncc1CNS(=O)(=O)c1ccc(F)c(C#N)c1. The minimum atomic E-state index is -3.81. The van der Waals surface area contributed by atoms with Gasteiger partial charge >= 0.3 is 0 Å². The van der Waals surface area contributed by atoms with Gasteiger partial charge in [0.15, 0.2) is 0 Å². The van der Waals surface area contributed by atoms with Crippen molar-refractivity contribution in [1.29, 1.82) is 5.26 Å². The summed E-state index contributed by atoms with van der Waals surface area (Å²) < 4.78 is 39.6. The Hall–Kier alpha value is -2.24. The first-order valence-corrected chi connectivity index (χ1v) is 7.10. The van der Waals surface area contributed by atoms with E-state index in [-0.39, 0.29) is 17.0 Å². The highest BCUT2D eigenvalue weighted by molar-refractivity contribution is 7.89. The predicted octanol–water partition coefficient (Wildman–Crippen LogP) is 1.21. The van der Waals surface area contributed by atoms with Crippen LogP contribution in [0, 0.1) is 24.1 Å². The van der Waals surface area contributed by atoms with Crippen molar-refractivity contribution in [3.8, 4) is 6.07 Å². The third-order valence-corrected chi connectivity index (χ3v) is 4.15. The molecule has 0 unspecified atom stereocenters. The maximum absolute atomic E-state index is 13.2. The average molecular weight is 294 g/mol. The van der Waals surface area contributed by atoms with E-state index < -0.39 is 15.8 Å². The molecule has 104 valence electrons. The molecule has 8 heteroatoms. The number of hydrogen-bond acceptors (Lipinski definition) is 4. The van der Waals surface area contributed by atoms with Crippen molar-refractivity contribution >= 4 is 10.0 Å². The van der Waals surface area contributed by atoms with E-state index in [1.807, 2.05) is 0 Å². The Morgan fingerprint density at radius 3 is 2.85 bits per heavy atom. The first-order valence-electron chi connectivity index (χ1n) is 5.62. The van der Waals surface area contributed by atoms with Crippen LogP contribution in [0.25, 0.3) is 0 Å². The highest BCUT2D eigenvalue weighted by atomic mass is 32.2. The molecule has 0 aliphatic rings. The number of nitrogens with one attached hydrogen (secondary N) is 2. The van der Waals surface area contributed by atoms with Crippen molar-refractivity contribution in [2.75, 3.05) is 0 Å². The maximum atomic E-state index is 13.2. The Balaban J connectivity index is 2.23. The minimum absolute atomic E-state index is 0.0595. The Bertz CT molecular complexity index is 777. The normalized spacial score (nSPS) is 11.2. The third-order valence-electron chi connectivity index (χ3n) is 2.76. The average Bonchev–Trinajstić information content (AvgIpc) is 2.82. The molecular formula is C12H11FN4O2S. The van der Waals surface area contributed by atoms with Crippen LogP contribution in [-0.4, -0.2) is 18.6 Å². The zero-order valence-electron chi connectivity index (χ0n) is 10.5. The standard InChI is InChI=1S/C12H11FN4O2S/c1-8-10(6-15-17-8)7-16-20(18,19)11-2-3-12(13)9(4-11)5-14/h2-4,6,16H,7H2,1H3,(H,15,17). The van der Waals surface area contributed by atoms with E-state index in [9.17, 15) is 12.8 Å². The summed E-state index contributed by atoms with van der Waals surface area (Å²) in [7, 11) is -3.81. The smallest absolute Gasteiger partial charge is 0.240 e. The second-order valence-corrected chi connectivity index (χ2v) is 5.87. The Morgan fingerprint density at radius 2 is 2.25 bits per heavy atom. The summed E-state index contributed by atoms with van der Waals surface area (Å²) in [6.45, 7) is 1.83. The minimum Gasteiger partial charge on any atom is -0.283 e. The van der Waals surface area contributed by atoms with Crippen LogP contribution in [0.2, 0.25) is 0 Å². The van der Waals surface area contributed by atoms with Crippen LogP contribution in [-0.2, 0) is 16.6 Å². The van der Waals surface area contributed by atoms with Gasteiger partial charge in [-0.3, -0.25) is 5.10 Å². The number of halogens is 1. The summed E-state index contributed by atoms with van der Waals surface area (Å²) in [5.41, 5.74) is 1.15. The van der Waals surface area contributed by atoms with Crippen LogP contribution in [0.3, 0.4) is 0 Å². The van der Waals surface area contributed by atoms with Crippen LogP contribution in [0.1, 0.15) is 16.8 Å². The van der Waals surface area contributed by atoms with Crippen LogP contribution >= 0.6 is 0 Å². The molecule has 20 heavy (non-hydrogen) atoms. The molecule has 1 aromatic carbocycles. The highest BCUT2D eigenvalue weighted by Crippen LogP contribution is 2.15. The van der Waals surface area contributed by atoms with E-state index in [0.29, 0.717) is 5.56 Å². The molecule has 0 spiro atoms. The lowest BCUT2D eigenvalue weighted by Gasteiger charge is -2.06. The van der Waals surface area contributed by atoms with E-state index in [0.717, 1.165) is 23.9 Å². The summed E-state index contributed by atoms with van der Waals surface area (Å²) in [6.07, 6.45) is 1.52. The summed E-state index contributed by atoms with van der Waals surface area (Å²) in [6, 6.07) is 4.67. The third kappa shape index (κ3) is 2.84. The van der Waals surface area contributed by atoms with E-state index >= 15 is 0 Å². The molecule has 0 bridgehead atoms. The van der Waals surface area contributed by atoms with Crippen molar-refractivity contribution < 1.29 is 12.8 Å². The Kier molecular flexibility index (Phi) is 3.83. The van der Waals surface area contributed by atoms with Crippen LogP contribution in [0.4, 0.5) is 4.39 Å². The van der Waals surface area contributed by atoms with Crippen LogP contribution in [0.15, 0.2) is 29.3 Å². The molecule has 0 amide bonds. The van der Waals surface area contributed by atoms with E-state index in [4.69, 9.17) is 5.26 Å². The first-order chi connectivity index (χ1) is 9.44. The molecule has 2 N–H and O–H groups in total. The molecule has 2 rings (SSSR count). The first kappa shape index (κ1) is 14.2. The topological polar surface area (TPSA) is 98.6 Å². The number of nitriles is 1. The van der Waals surface area contributed by atoms with Gasteiger partial charge in [0.25, 0.3) is 0 Å². The van der Waals surface area contributed by atoms with Gasteiger partial charge in [0, 0.05) is 17.8 Å². The molecule has 0 aliphatic heterocycles. The van der Waals surface area contributed by atoms with Crippen molar-refractivity contribution in [2.24, 2.45) is 0 Å². The molecule has 2 aromatic rings. The second-order valence-electron chi connectivity index (χ2n) is 4.10. The number of rotatable bonds is 4. The van der Waals surface area contributed by atoms with Crippen LogP contribution < -0.4 is 4.72 Å². The van der Waals surface area contributed by atoms with Gasteiger partial charge in [-0.05, 0) is 25.1 Å². The number of aryl methyl sites for hydroxylation is 1. The highest BCUT2D eigenvalue weighted by Gasteiger charge is 2.16. The Morgan fingerprint density at radius 1 is 1.50 bits per heavy atom. The predicted molar refractivity (Wildman–Crippen MR) is 68.5 cm³/mol. The van der Waals surface area contributed by atoms with Gasteiger partial charge in [0.05, 0.1) is 16.7 Å². The summed E-state index contributed by atoms with van der Waals surface area (Å²) in [5.74, 6) is -0.753. The number of sulfonamides is 1. The van der Waals surface area contributed by atoms with E-state index in [2.05, 4.69) is 14.9 Å². The number of H-pyrrole nitrogens is 1. The maximum Gasteiger partial charge on any atom is 0.240 e. The molecule has 6 nitrogen and oxygen atoms in total. The zero-order chi connectivity index (χ0) is 14.8. The molecule has 0 aliphatic carbocycles. The van der Waals surface area contributed by atoms with Gasteiger partial charge in [0.1, 0.15) is 11.9 Å². The molecule has 1 heterocycles. The number of aromatic nitrogens is 2. The number of benzene rings is 1. The molecule has 0 saturated carbocycles. The lowest BCUT2D eigenvalue weighted by atomic mass is 10.2. The van der Waals surface area contributed by atoms with Gasteiger partial charge in [-0.15, -0.1) is 0 Å².